The molecule has 29 heavy (non-hydrogen) atoms. The summed E-state index contributed by atoms with van der Waals surface area (Å²) in [6.45, 7) is 1.78. The van der Waals surface area contributed by atoms with Gasteiger partial charge in [-0.15, -0.1) is 11.3 Å². The molecular formula is C21H18N4O3S. The Bertz CT molecular complexity index is 1120. The van der Waals surface area contributed by atoms with Gasteiger partial charge in [0, 0.05) is 17.1 Å². The van der Waals surface area contributed by atoms with Gasteiger partial charge in [-0.05, 0) is 24.6 Å². The summed E-state index contributed by atoms with van der Waals surface area (Å²) in [5, 5.41) is 4.89. The van der Waals surface area contributed by atoms with Gasteiger partial charge in [-0.25, -0.2) is 14.8 Å². The van der Waals surface area contributed by atoms with Crippen LogP contribution in [0.4, 0.5) is 5.13 Å². The minimum Gasteiger partial charge on any atom is -0.449 e. The Morgan fingerprint density at radius 1 is 1.17 bits per heavy atom. The Kier molecular flexibility index (Phi) is 5.35. The third-order valence-corrected chi connectivity index (χ3v) is 5.05. The third kappa shape index (κ3) is 4.02. The lowest BCUT2D eigenvalue weighted by atomic mass is 10.1. The number of fused-ring (bicyclic) bond motifs is 1. The summed E-state index contributed by atoms with van der Waals surface area (Å²) < 4.78 is 5.52. The molecule has 0 radical (unpaired) electrons. The lowest BCUT2D eigenvalue weighted by Gasteiger charge is -2.16. The molecule has 8 heteroatoms. The second-order valence-electron chi connectivity index (χ2n) is 6.28. The SMILES string of the molecule is CCC(OC(=O)c1ccccc1-c1nc2ccccc2[nH]1)C(=O)Nc1nccs1. The summed E-state index contributed by atoms with van der Waals surface area (Å²) in [5.74, 6) is -0.418. The summed E-state index contributed by atoms with van der Waals surface area (Å²) >= 11 is 1.30. The number of aromatic nitrogens is 3. The first-order valence-electron chi connectivity index (χ1n) is 9.11. The van der Waals surface area contributed by atoms with E-state index in [0.29, 0.717) is 28.5 Å². The van der Waals surface area contributed by atoms with Crippen molar-refractivity contribution in [1.82, 2.24) is 15.0 Å². The predicted octanol–water partition coefficient (Wildman–Crippen LogP) is 4.26. The van der Waals surface area contributed by atoms with Crippen LogP contribution in [0.15, 0.2) is 60.1 Å². The van der Waals surface area contributed by atoms with Gasteiger partial charge in [-0.2, -0.15) is 0 Å². The Labute approximate surface area is 170 Å². The highest BCUT2D eigenvalue weighted by Crippen LogP contribution is 2.25. The van der Waals surface area contributed by atoms with E-state index in [-0.39, 0.29) is 0 Å². The molecule has 0 saturated heterocycles. The van der Waals surface area contributed by atoms with E-state index in [0.717, 1.165) is 11.0 Å². The van der Waals surface area contributed by atoms with Crippen LogP contribution in [0.5, 0.6) is 0 Å². The highest BCUT2D eigenvalue weighted by Gasteiger charge is 2.24. The molecule has 4 rings (SSSR count). The van der Waals surface area contributed by atoms with E-state index in [2.05, 4.69) is 20.3 Å². The molecule has 0 aliphatic carbocycles. The zero-order chi connectivity index (χ0) is 20.2. The van der Waals surface area contributed by atoms with E-state index in [1.54, 1.807) is 36.7 Å². The molecule has 0 fully saturated rings. The van der Waals surface area contributed by atoms with E-state index < -0.39 is 18.0 Å². The van der Waals surface area contributed by atoms with Crippen LogP contribution in [-0.2, 0) is 9.53 Å². The van der Waals surface area contributed by atoms with Crippen molar-refractivity contribution in [3.05, 3.63) is 65.7 Å². The minimum absolute atomic E-state index is 0.340. The molecule has 4 aromatic rings. The van der Waals surface area contributed by atoms with Crippen LogP contribution in [0.25, 0.3) is 22.4 Å². The average Bonchev–Trinajstić information content (AvgIpc) is 3.41. The first kappa shape index (κ1) is 18.8. The predicted molar refractivity (Wildman–Crippen MR) is 112 cm³/mol. The van der Waals surface area contributed by atoms with Crippen molar-refractivity contribution >= 4 is 39.4 Å². The fourth-order valence-electron chi connectivity index (χ4n) is 2.93. The quantitative estimate of drug-likeness (QED) is 0.466. The van der Waals surface area contributed by atoms with Crippen molar-refractivity contribution in [2.45, 2.75) is 19.4 Å². The zero-order valence-corrected chi connectivity index (χ0v) is 16.4. The number of amides is 1. The molecule has 146 valence electrons. The van der Waals surface area contributed by atoms with E-state index >= 15 is 0 Å². The highest BCUT2D eigenvalue weighted by molar-refractivity contribution is 7.13. The smallest absolute Gasteiger partial charge is 0.339 e. The van der Waals surface area contributed by atoms with Crippen LogP contribution in [0.2, 0.25) is 0 Å². The van der Waals surface area contributed by atoms with Crippen LogP contribution >= 0.6 is 11.3 Å². The fraction of sp³-hybridized carbons (Fsp3) is 0.143. The molecule has 2 N–H and O–H groups in total. The molecule has 1 atom stereocenters. The van der Waals surface area contributed by atoms with Crippen LogP contribution in [0, 0.1) is 0 Å². The maximum absolute atomic E-state index is 12.9. The van der Waals surface area contributed by atoms with Gasteiger partial charge in [0.15, 0.2) is 11.2 Å². The number of para-hydroxylation sites is 2. The van der Waals surface area contributed by atoms with Gasteiger partial charge < -0.3 is 9.72 Å². The highest BCUT2D eigenvalue weighted by atomic mass is 32.1. The first-order valence-corrected chi connectivity index (χ1v) is 9.99. The van der Waals surface area contributed by atoms with Crippen molar-refractivity contribution in [2.24, 2.45) is 0 Å². The zero-order valence-electron chi connectivity index (χ0n) is 15.6. The molecule has 1 unspecified atom stereocenters. The van der Waals surface area contributed by atoms with Crippen LogP contribution in [0.3, 0.4) is 0 Å². The topological polar surface area (TPSA) is 97.0 Å². The maximum atomic E-state index is 12.9. The second kappa shape index (κ2) is 8.24. The van der Waals surface area contributed by atoms with E-state index in [9.17, 15) is 9.59 Å². The van der Waals surface area contributed by atoms with E-state index in [1.165, 1.54) is 11.3 Å². The molecule has 7 nitrogen and oxygen atoms in total. The van der Waals surface area contributed by atoms with E-state index in [1.807, 2.05) is 30.3 Å². The van der Waals surface area contributed by atoms with Crippen molar-refractivity contribution in [1.29, 1.82) is 0 Å². The molecule has 0 saturated carbocycles. The molecule has 2 aromatic carbocycles. The van der Waals surface area contributed by atoms with Gasteiger partial charge in [0.2, 0.25) is 0 Å². The Balaban J connectivity index is 1.57. The monoisotopic (exact) mass is 406 g/mol. The summed E-state index contributed by atoms with van der Waals surface area (Å²) in [4.78, 5) is 37.1. The Hall–Kier alpha value is -3.52. The molecule has 0 aliphatic heterocycles. The van der Waals surface area contributed by atoms with Gasteiger partial charge in [0.1, 0.15) is 5.82 Å². The summed E-state index contributed by atoms with van der Waals surface area (Å²) in [6, 6.07) is 14.7. The van der Waals surface area contributed by atoms with Crippen LogP contribution in [0.1, 0.15) is 23.7 Å². The van der Waals surface area contributed by atoms with Crippen molar-refractivity contribution in [2.75, 3.05) is 5.32 Å². The third-order valence-electron chi connectivity index (χ3n) is 4.37. The number of aromatic amines is 1. The molecular weight excluding hydrogens is 388 g/mol. The number of H-pyrrole nitrogens is 1. The van der Waals surface area contributed by atoms with Crippen LogP contribution < -0.4 is 5.32 Å². The average molecular weight is 406 g/mol. The largest absolute Gasteiger partial charge is 0.449 e. The standard InChI is InChI=1S/C21H18N4O3S/c1-2-17(19(26)25-21-22-11-12-29-21)28-20(27)14-8-4-3-7-13(14)18-23-15-9-5-6-10-16(15)24-18/h3-12,17H,2H2,1H3,(H,23,24)(H,22,25,26). The number of rotatable bonds is 6. The van der Waals surface area contributed by atoms with Gasteiger partial charge in [0.25, 0.3) is 5.91 Å². The number of anilines is 1. The number of nitrogens with one attached hydrogen (secondary N) is 2. The van der Waals surface area contributed by atoms with Gasteiger partial charge in [0.05, 0.1) is 16.6 Å². The van der Waals surface area contributed by atoms with Gasteiger partial charge in [-0.1, -0.05) is 37.3 Å². The Morgan fingerprint density at radius 3 is 2.72 bits per heavy atom. The molecule has 0 bridgehead atoms. The van der Waals surface area contributed by atoms with Crippen LogP contribution in [-0.4, -0.2) is 32.9 Å². The number of esters is 1. The number of thiazole rings is 1. The fourth-order valence-corrected chi connectivity index (χ4v) is 3.47. The van der Waals surface area contributed by atoms with Crippen molar-refractivity contribution < 1.29 is 14.3 Å². The number of hydrogen-bond acceptors (Lipinski definition) is 6. The van der Waals surface area contributed by atoms with Gasteiger partial charge in [-0.3, -0.25) is 10.1 Å². The lowest BCUT2D eigenvalue weighted by Crippen LogP contribution is -2.32. The Morgan fingerprint density at radius 2 is 1.97 bits per heavy atom. The number of nitrogens with zero attached hydrogens (tertiary/aromatic N) is 2. The summed E-state index contributed by atoms with van der Waals surface area (Å²) in [6.07, 6.45) is 1.02. The number of imidazole rings is 1. The van der Waals surface area contributed by atoms with Crippen molar-refractivity contribution in [3.63, 3.8) is 0 Å². The number of benzene rings is 2. The van der Waals surface area contributed by atoms with Gasteiger partial charge >= 0.3 is 5.97 Å². The lowest BCUT2D eigenvalue weighted by molar-refractivity contribution is -0.124. The molecule has 2 heterocycles. The molecule has 2 aromatic heterocycles. The summed E-state index contributed by atoms with van der Waals surface area (Å²) in [5.41, 5.74) is 2.64. The maximum Gasteiger partial charge on any atom is 0.339 e. The molecule has 0 spiro atoms. The molecule has 1 amide bonds. The molecule has 0 aliphatic rings. The number of carbonyl (C=O) groups excluding carboxylic acids is 2. The first-order chi connectivity index (χ1) is 14.2. The number of ether oxygens (including phenoxy) is 1. The normalized spacial score (nSPS) is 11.9. The number of hydrogen-bond donors (Lipinski definition) is 2. The number of carbonyl (C=O) groups is 2. The second-order valence-corrected chi connectivity index (χ2v) is 7.17. The minimum atomic E-state index is -0.921. The summed E-state index contributed by atoms with van der Waals surface area (Å²) in [7, 11) is 0. The van der Waals surface area contributed by atoms with E-state index in [4.69, 9.17) is 4.74 Å². The van der Waals surface area contributed by atoms with Crippen molar-refractivity contribution in [3.8, 4) is 11.4 Å².